The SMILES string of the molecule is Nc1cccc2c1C=CCC2.[HH]. The molecule has 2 N–H and O–H groups in total. The Balaban J connectivity index is 0.000000720. The van der Waals surface area contributed by atoms with Crippen LogP contribution in [-0.4, -0.2) is 0 Å². The van der Waals surface area contributed by atoms with Gasteiger partial charge in [0.25, 0.3) is 0 Å². The molecule has 0 aromatic heterocycles. The van der Waals surface area contributed by atoms with Gasteiger partial charge in [-0.25, -0.2) is 0 Å². The third-order valence-electron chi connectivity index (χ3n) is 2.10. The predicted molar refractivity (Wildman–Crippen MR) is 50.3 cm³/mol. The van der Waals surface area contributed by atoms with E-state index in [2.05, 4.69) is 18.2 Å². The number of benzene rings is 1. The van der Waals surface area contributed by atoms with Crippen LogP contribution < -0.4 is 5.73 Å². The van der Waals surface area contributed by atoms with Crippen LogP contribution in [-0.2, 0) is 6.42 Å². The summed E-state index contributed by atoms with van der Waals surface area (Å²) in [5.74, 6) is 0. The van der Waals surface area contributed by atoms with Gasteiger partial charge < -0.3 is 5.73 Å². The summed E-state index contributed by atoms with van der Waals surface area (Å²) < 4.78 is 0. The highest BCUT2D eigenvalue weighted by atomic mass is 14.6. The first-order valence-corrected chi connectivity index (χ1v) is 3.92. The summed E-state index contributed by atoms with van der Waals surface area (Å²) >= 11 is 0. The van der Waals surface area contributed by atoms with Crippen molar-refractivity contribution in [3.63, 3.8) is 0 Å². The smallest absolute Gasteiger partial charge is 0.0390 e. The van der Waals surface area contributed by atoms with Gasteiger partial charge in [0.2, 0.25) is 0 Å². The van der Waals surface area contributed by atoms with Gasteiger partial charge in [-0.15, -0.1) is 0 Å². The first-order chi connectivity index (χ1) is 5.38. The highest BCUT2D eigenvalue weighted by molar-refractivity contribution is 5.68. The molecule has 0 atom stereocenters. The second kappa shape index (κ2) is 2.42. The number of fused-ring (bicyclic) bond motifs is 1. The van der Waals surface area contributed by atoms with Gasteiger partial charge in [0.05, 0.1) is 0 Å². The second-order valence-electron chi connectivity index (χ2n) is 2.86. The Morgan fingerprint density at radius 1 is 1.36 bits per heavy atom. The summed E-state index contributed by atoms with van der Waals surface area (Å²) in [7, 11) is 0. The van der Waals surface area contributed by atoms with Crippen molar-refractivity contribution in [1.82, 2.24) is 0 Å². The van der Waals surface area contributed by atoms with Crippen molar-refractivity contribution >= 4 is 11.8 Å². The number of allylic oxidation sites excluding steroid dienone is 1. The van der Waals surface area contributed by atoms with Crippen molar-refractivity contribution < 1.29 is 1.43 Å². The zero-order valence-electron chi connectivity index (χ0n) is 6.38. The first-order valence-electron chi connectivity index (χ1n) is 3.92. The fraction of sp³-hybridized carbons (Fsp3) is 0.200. The minimum atomic E-state index is 0. The molecule has 0 spiro atoms. The number of nitrogens with two attached hydrogens (primary N) is 1. The summed E-state index contributed by atoms with van der Waals surface area (Å²) in [4.78, 5) is 0. The molecule has 0 saturated heterocycles. The van der Waals surface area contributed by atoms with E-state index in [0.717, 1.165) is 18.5 Å². The van der Waals surface area contributed by atoms with Crippen LogP contribution in [0.5, 0.6) is 0 Å². The summed E-state index contributed by atoms with van der Waals surface area (Å²) in [6.07, 6.45) is 6.58. The van der Waals surface area contributed by atoms with Crippen molar-refractivity contribution in [1.29, 1.82) is 0 Å². The van der Waals surface area contributed by atoms with Crippen molar-refractivity contribution in [3.05, 3.63) is 35.4 Å². The van der Waals surface area contributed by atoms with Gasteiger partial charge >= 0.3 is 0 Å². The Morgan fingerprint density at radius 2 is 2.27 bits per heavy atom. The van der Waals surface area contributed by atoms with Crippen LogP contribution in [0.1, 0.15) is 19.0 Å². The zero-order chi connectivity index (χ0) is 7.68. The molecular weight excluding hydrogens is 134 g/mol. The lowest BCUT2D eigenvalue weighted by atomic mass is 9.96. The van der Waals surface area contributed by atoms with Crippen molar-refractivity contribution in [2.75, 3.05) is 5.73 Å². The first kappa shape index (κ1) is 6.47. The molecular formula is C10H13N. The van der Waals surface area contributed by atoms with E-state index >= 15 is 0 Å². The van der Waals surface area contributed by atoms with E-state index in [-0.39, 0.29) is 1.43 Å². The molecule has 0 radical (unpaired) electrons. The van der Waals surface area contributed by atoms with E-state index in [1.165, 1.54) is 11.1 Å². The maximum atomic E-state index is 5.79. The van der Waals surface area contributed by atoms with Gasteiger partial charge in [-0.2, -0.15) is 0 Å². The minimum Gasteiger partial charge on any atom is -0.398 e. The average Bonchev–Trinajstić information content (AvgIpc) is 2.06. The van der Waals surface area contributed by atoms with E-state index in [0.29, 0.717) is 0 Å². The number of hydrogen-bond acceptors (Lipinski definition) is 1. The Morgan fingerprint density at radius 3 is 3.09 bits per heavy atom. The maximum absolute atomic E-state index is 5.79. The molecule has 1 aliphatic carbocycles. The summed E-state index contributed by atoms with van der Waals surface area (Å²) in [5, 5.41) is 0. The lowest BCUT2D eigenvalue weighted by molar-refractivity contribution is 0.987. The number of nitrogen functional groups attached to an aromatic ring is 1. The van der Waals surface area contributed by atoms with Gasteiger partial charge in [-0.05, 0) is 24.5 Å². The molecule has 1 aromatic carbocycles. The summed E-state index contributed by atoms with van der Waals surface area (Å²) in [6.45, 7) is 0. The predicted octanol–water partition coefficient (Wildman–Crippen LogP) is 2.47. The lowest BCUT2D eigenvalue weighted by Gasteiger charge is -2.11. The highest BCUT2D eigenvalue weighted by Gasteiger charge is 2.05. The Bertz CT molecular complexity index is 305. The number of hydrogen-bond donors (Lipinski definition) is 1. The van der Waals surface area contributed by atoms with E-state index in [1.807, 2.05) is 12.1 Å². The van der Waals surface area contributed by atoms with Crippen molar-refractivity contribution in [3.8, 4) is 0 Å². The van der Waals surface area contributed by atoms with Crippen LogP contribution in [0.25, 0.3) is 6.08 Å². The second-order valence-corrected chi connectivity index (χ2v) is 2.86. The third kappa shape index (κ3) is 1.03. The minimum absolute atomic E-state index is 0. The molecule has 1 heteroatoms. The molecule has 0 amide bonds. The molecule has 1 nitrogen and oxygen atoms in total. The molecule has 0 bridgehead atoms. The maximum Gasteiger partial charge on any atom is 0.0390 e. The molecule has 2 rings (SSSR count). The fourth-order valence-corrected chi connectivity index (χ4v) is 1.49. The fourth-order valence-electron chi connectivity index (χ4n) is 1.49. The van der Waals surface area contributed by atoms with E-state index < -0.39 is 0 Å². The standard InChI is InChI=1S/C10H11N.H2/c11-10-7-3-5-8-4-1-2-6-9(8)10;/h2-3,5-7H,1,4,11H2;1H. The topological polar surface area (TPSA) is 26.0 Å². The normalized spacial score (nSPS) is 14.5. The van der Waals surface area contributed by atoms with Crippen molar-refractivity contribution in [2.24, 2.45) is 0 Å². The van der Waals surface area contributed by atoms with Gasteiger partial charge in [-0.3, -0.25) is 0 Å². The molecule has 1 aliphatic rings. The van der Waals surface area contributed by atoms with Crippen LogP contribution in [0, 0.1) is 0 Å². The van der Waals surface area contributed by atoms with Gasteiger partial charge in [-0.1, -0.05) is 24.3 Å². The number of rotatable bonds is 0. The highest BCUT2D eigenvalue weighted by Crippen LogP contribution is 2.23. The van der Waals surface area contributed by atoms with E-state index in [4.69, 9.17) is 5.73 Å². The van der Waals surface area contributed by atoms with Gasteiger partial charge in [0.1, 0.15) is 0 Å². The van der Waals surface area contributed by atoms with Gasteiger partial charge in [0.15, 0.2) is 0 Å². The number of aryl methyl sites for hydroxylation is 1. The van der Waals surface area contributed by atoms with Crippen LogP contribution in [0.3, 0.4) is 0 Å². The van der Waals surface area contributed by atoms with Crippen LogP contribution in [0.4, 0.5) is 5.69 Å². The molecule has 0 heterocycles. The van der Waals surface area contributed by atoms with Crippen LogP contribution >= 0.6 is 0 Å². The Kier molecular flexibility index (Phi) is 1.42. The molecule has 11 heavy (non-hydrogen) atoms. The van der Waals surface area contributed by atoms with E-state index in [9.17, 15) is 0 Å². The van der Waals surface area contributed by atoms with Gasteiger partial charge in [0, 0.05) is 12.7 Å². The van der Waals surface area contributed by atoms with Crippen LogP contribution in [0.15, 0.2) is 24.3 Å². The largest absolute Gasteiger partial charge is 0.398 e. The molecule has 1 aromatic rings. The zero-order valence-corrected chi connectivity index (χ0v) is 6.38. The quantitative estimate of drug-likeness (QED) is 0.560. The van der Waals surface area contributed by atoms with Crippen LogP contribution in [0.2, 0.25) is 0 Å². The molecule has 0 aliphatic heterocycles. The lowest BCUT2D eigenvalue weighted by Crippen LogP contribution is -1.98. The molecule has 58 valence electrons. The van der Waals surface area contributed by atoms with Crippen molar-refractivity contribution in [2.45, 2.75) is 12.8 Å². The third-order valence-corrected chi connectivity index (χ3v) is 2.10. The molecule has 0 unspecified atom stereocenters. The average molecular weight is 147 g/mol. The monoisotopic (exact) mass is 147 g/mol. The Labute approximate surface area is 68.0 Å². The number of anilines is 1. The summed E-state index contributed by atoms with van der Waals surface area (Å²) in [5.41, 5.74) is 9.29. The van der Waals surface area contributed by atoms with E-state index in [1.54, 1.807) is 0 Å². The summed E-state index contributed by atoms with van der Waals surface area (Å²) in [6, 6.07) is 6.12. The molecule has 0 fully saturated rings. The Hall–Kier alpha value is -1.24. The molecule has 0 saturated carbocycles.